The Labute approximate surface area is 178 Å². The number of piperidine rings is 1. The van der Waals surface area contributed by atoms with Gasteiger partial charge in [-0.15, -0.1) is 0 Å². The molecule has 1 atom stereocenters. The molecule has 3 heterocycles. The van der Waals surface area contributed by atoms with Gasteiger partial charge in [-0.1, -0.05) is 24.6 Å². The predicted octanol–water partition coefficient (Wildman–Crippen LogP) is 2.47. The smallest absolute Gasteiger partial charge is 0.262 e. The van der Waals surface area contributed by atoms with Gasteiger partial charge in [-0.05, 0) is 50.3 Å². The Morgan fingerprint density at radius 1 is 1.10 bits per heavy atom. The van der Waals surface area contributed by atoms with Crippen LogP contribution in [0.25, 0.3) is 0 Å². The van der Waals surface area contributed by atoms with Crippen LogP contribution in [0.2, 0.25) is 0 Å². The van der Waals surface area contributed by atoms with Gasteiger partial charge in [-0.25, -0.2) is 5.06 Å². The summed E-state index contributed by atoms with van der Waals surface area (Å²) in [5, 5.41) is 3.26. The van der Waals surface area contributed by atoms with Gasteiger partial charge < -0.3 is 9.57 Å². The molecule has 3 fully saturated rings. The van der Waals surface area contributed by atoms with Crippen LogP contribution in [0.1, 0.15) is 47.9 Å². The second-order valence-corrected chi connectivity index (χ2v) is 9.46. The molecule has 0 saturated carbocycles. The van der Waals surface area contributed by atoms with E-state index in [0.717, 1.165) is 22.3 Å². The third kappa shape index (κ3) is 3.38. The zero-order valence-electron chi connectivity index (χ0n) is 18.6. The van der Waals surface area contributed by atoms with Crippen molar-refractivity contribution in [2.75, 3.05) is 40.0 Å². The van der Waals surface area contributed by atoms with E-state index in [-0.39, 0.29) is 17.1 Å². The third-order valence-electron chi connectivity index (χ3n) is 6.83. The number of benzene rings is 1. The maximum absolute atomic E-state index is 13.9. The maximum atomic E-state index is 13.9. The molecule has 7 heteroatoms. The number of carbonyl (C=O) groups excluding carboxylic acids is 2. The number of hydroxylamine groups is 4. The summed E-state index contributed by atoms with van der Waals surface area (Å²) in [6.07, 6.45) is 0.998. The van der Waals surface area contributed by atoms with Gasteiger partial charge in [0.1, 0.15) is 11.5 Å². The summed E-state index contributed by atoms with van der Waals surface area (Å²) >= 11 is 0. The van der Waals surface area contributed by atoms with Crippen LogP contribution in [-0.4, -0.2) is 67.4 Å². The first-order valence-electron chi connectivity index (χ1n) is 10.7. The van der Waals surface area contributed by atoms with Gasteiger partial charge >= 0.3 is 0 Å². The van der Waals surface area contributed by atoms with E-state index in [1.807, 2.05) is 38.0 Å². The first-order valence-corrected chi connectivity index (χ1v) is 10.7. The van der Waals surface area contributed by atoms with E-state index in [1.54, 1.807) is 7.11 Å². The molecular weight excluding hydrogens is 384 g/mol. The van der Waals surface area contributed by atoms with Gasteiger partial charge in [0.05, 0.1) is 26.9 Å². The van der Waals surface area contributed by atoms with E-state index >= 15 is 0 Å². The molecule has 3 aliphatic heterocycles. The number of ether oxygens (including phenoxy) is 1. The van der Waals surface area contributed by atoms with Crippen LogP contribution in [0.4, 0.5) is 0 Å². The number of Topliss-reactive ketones (excluding diaryl/α,β-unsaturated/α-hetero) is 1. The third-order valence-corrected chi connectivity index (χ3v) is 6.83. The molecule has 0 aromatic heterocycles. The van der Waals surface area contributed by atoms with Crippen LogP contribution in [-0.2, 0) is 24.0 Å². The fraction of sp³-hybridized carbons (Fsp3) is 0.652. The number of aryl methyl sites for hydroxylation is 3. The minimum Gasteiger partial charge on any atom is -0.380 e. The van der Waals surface area contributed by atoms with E-state index in [2.05, 4.69) is 6.92 Å². The molecule has 0 bridgehead atoms. The van der Waals surface area contributed by atoms with Gasteiger partial charge in [0.25, 0.3) is 5.91 Å². The average molecular weight is 417 g/mol. The molecule has 1 unspecified atom stereocenters. The first kappa shape index (κ1) is 21.4. The van der Waals surface area contributed by atoms with Crippen molar-refractivity contribution in [1.29, 1.82) is 0 Å². The van der Waals surface area contributed by atoms with Crippen molar-refractivity contribution in [3.8, 4) is 0 Å². The van der Waals surface area contributed by atoms with Crippen LogP contribution in [0.15, 0.2) is 12.1 Å². The van der Waals surface area contributed by atoms with E-state index in [1.165, 1.54) is 5.06 Å². The molecule has 1 aromatic rings. The highest BCUT2D eigenvalue weighted by atomic mass is 16.7. The maximum Gasteiger partial charge on any atom is 0.262 e. The van der Waals surface area contributed by atoms with Crippen molar-refractivity contribution in [2.45, 2.75) is 52.0 Å². The van der Waals surface area contributed by atoms with Crippen LogP contribution in [0.5, 0.6) is 0 Å². The fourth-order valence-corrected chi connectivity index (χ4v) is 5.14. The van der Waals surface area contributed by atoms with Gasteiger partial charge in [-0.3, -0.25) is 14.4 Å². The van der Waals surface area contributed by atoms with Crippen molar-refractivity contribution in [3.05, 3.63) is 34.4 Å². The topological polar surface area (TPSA) is 68.3 Å². The van der Waals surface area contributed by atoms with E-state index in [4.69, 9.17) is 14.4 Å². The average Bonchev–Trinajstić information content (AvgIpc) is 2.86. The Morgan fingerprint density at radius 3 is 2.20 bits per heavy atom. The highest BCUT2D eigenvalue weighted by molar-refractivity contribution is 6.17. The van der Waals surface area contributed by atoms with Crippen molar-refractivity contribution in [2.24, 2.45) is 5.41 Å². The quantitative estimate of drug-likeness (QED) is 0.687. The lowest BCUT2D eigenvalue weighted by atomic mass is 9.79. The number of rotatable bonds is 5. The lowest BCUT2D eigenvalue weighted by Gasteiger charge is -2.44. The molecule has 0 N–H and O–H groups in total. The molecular formula is C23H32N2O5. The largest absolute Gasteiger partial charge is 0.380 e. The molecule has 30 heavy (non-hydrogen) atoms. The molecule has 164 valence electrons. The lowest BCUT2D eigenvalue weighted by Crippen LogP contribution is -2.57. The summed E-state index contributed by atoms with van der Waals surface area (Å²) in [6.45, 7) is 10.8. The monoisotopic (exact) mass is 416 g/mol. The molecule has 1 amide bonds. The summed E-state index contributed by atoms with van der Waals surface area (Å²) in [4.78, 5) is 39.0. The van der Waals surface area contributed by atoms with Crippen molar-refractivity contribution >= 4 is 11.7 Å². The fourth-order valence-electron chi connectivity index (χ4n) is 5.14. The minimum atomic E-state index is -0.943. The first-order chi connectivity index (χ1) is 14.2. The molecule has 3 aliphatic rings. The molecule has 1 aromatic carbocycles. The zero-order chi connectivity index (χ0) is 21.7. The number of carbonyl (C=O) groups is 2. The van der Waals surface area contributed by atoms with Crippen LogP contribution in [0.3, 0.4) is 0 Å². The molecule has 3 saturated heterocycles. The SMILES string of the molecule is CON1CCC2(CC1)C(=O)C(c1c(C)cc(C)cc1C)C(=O)N2OCC1(C)COC1. The summed E-state index contributed by atoms with van der Waals surface area (Å²) in [6, 6.07) is 4.08. The molecule has 7 nitrogen and oxygen atoms in total. The Hall–Kier alpha value is -1.80. The Kier molecular flexibility index (Phi) is 5.51. The van der Waals surface area contributed by atoms with Crippen molar-refractivity contribution in [3.63, 3.8) is 0 Å². The lowest BCUT2D eigenvalue weighted by molar-refractivity contribution is -0.256. The van der Waals surface area contributed by atoms with Gasteiger partial charge in [0.2, 0.25) is 0 Å². The molecule has 1 spiro atoms. The number of hydrogen-bond donors (Lipinski definition) is 0. The second-order valence-electron chi connectivity index (χ2n) is 9.46. The van der Waals surface area contributed by atoms with Crippen molar-refractivity contribution < 1.29 is 24.0 Å². The highest BCUT2D eigenvalue weighted by Crippen LogP contribution is 2.45. The van der Waals surface area contributed by atoms with Crippen molar-refractivity contribution in [1.82, 2.24) is 10.1 Å². The summed E-state index contributed by atoms with van der Waals surface area (Å²) in [5.74, 6) is -1.11. The van der Waals surface area contributed by atoms with E-state index in [9.17, 15) is 9.59 Å². The van der Waals surface area contributed by atoms with E-state index < -0.39 is 11.5 Å². The Morgan fingerprint density at radius 2 is 1.70 bits per heavy atom. The van der Waals surface area contributed by atoms with Gasteiger partial charge in [-0.2, -0.15) is 5.06 Å². The standard InChI is InChI=1S/C23H32N2O5/c1-15-10-16(2)18(17(3)11-15)19-20(26)23(6-8-24(28-5)9-7-23)25(21(19)27)30-14-22(4)12-29-13-22/h10-11,19H,6-9,12-14H2,1-5H3. The van der Waals surface area contributed by atoms with Crippen LogP contribution >= 0.6 is 0 Å². The summed E-state index contributed by atoms with van der Waals surface area (Å²) in [5.41, 5.74) is 2.84. The minimum absolute atomic E-state index is 0.0479. The Bertz CT molecular complexity index is 832. The zero-order valence-corrected chi connectivity index (χ0v) is 18.6. The molecule has 0 radical (unpaired) electrons. The molecule has 0 aliphatic carbocycles. The predicted molar refractivity (Wildman–Crippen MR) is 111 cm³/mol. The number of ketones is 1. The number of amides is 1. The Balaban J connectivity index is 1.70. The van der Waals surface area contributed by atoms with E-state index in [0.29, 0.717) is 45.8 Å². The highest BCUT2D eigenvalue weighted by Gasteiger charge is 2.61. The van der Waals surface area contributed by atoms with Gasteiger partial charge in [0, 0.05) is 18.5 Å². The van der Waals surface area contributed by atoms with Crippen LogP contribution < -0.4 is 0 Å². The summed E-state index contributed by atoms with van der Waals surface area (Å²) < 4.78 is 5.33. The normalized spacial score (nSPS) is 25.8. The molecule has 4 rings (SSSR count). The summed E-state index contributed by atoms with van der Waals surface area (Å²) in [7, 11) is 1.63. The van der Waals surface area contributed by atoms with Crippen LogP contribution in [0, 0.1) is 26.2 Å². The number of nitrogens with zero attached hydrogens (tertiary/aromatic N) is 2. The number of hydrogen-bond acceptors (Lipinski definition) is 6. The van der Waals surface area contributed by atoms with Gasteiger partial charge in [0.15, 0.2) is 5.78 Å². The second kappa shape index (κ2) is 7.71.